The van der Waals surface area contributed by atoms with Crippen LogP contribution in [0.15, 0.2) is 102 Å². The van der Waals surface area contributed by atoms with E-state index in [4.69, 9.17) is 4.74 Å². The van der Waals surface area contributed by atoms with Gasteiger partial charge >= 0.3 is 0 Å². The first-order valence-corrected chi connectivity index (χ1v) is 18.4. The number of nitrogens with one attached hydrogen (secondary N) is 1. The summed E-state index contributed by atoms with van der Waals surface area (Å²) in [5, 5.41) is 3.25. The summed E-state index contributed by atoms with van der Waals surface area (Å²) in [6, 6.07) is 28.3. The lowest BCUT2D eigenvalue weighted by Gasteiger charge is -2.35. The van der Waals surface area contributed by atoms with Gasteiger partial charge in [0.15, 0.2) is 0 Å². The number of carbonyl (C=O) groups is 2. The van der Waals surface area contributed by atoms with Crippen LogP contribution in [0.3, 0.4) is 0 Å². The summed E-state index contributed by atoms with van der Waals surface area (Å²) in [4.78, 5) is 30.8. The second-order valence-electron chi connectivity index (χ2n) is 13.1. The monoisotopic (exact) mass is 681 g/mol. The SMILES string of the molecule is COc1cccc(CN(C(=O)CN(c2cc(C)cc(C)c2)S(=O)(=O)c2ccc(C)cc2)[C@@H](Cc2ccccc2)C(=O)NC2CCCCC2)c1. The molecule has 0 radical (unpaired) electrons. The highest BCUT2D eigenvalue weighted by molar-refractivity contribution is 7.92. The molecule has 0 bridgehead atoms. The molecule has 258 valence electrons. The molecule has 8 nitrogen and oxygen atoms in total. The van der Waals surface area contributed by atoms with Crippen molar-refractivity contribution in [2.45, 2.75) is 82.8 Å². The lowest BCUT2D eigenvalue weighted by molar-refractivity contribution is -0.140. The van der Waals surface area contributed by atoms with E-state index in [1.165, 1.54) is 4.31 Å². The van der Waals surface area contributed by atoms with Crippen molar-refractivity contribution in [1.82, 2.24) is 10.2 Å². The third-order valence-corrected chi connectivity index (χ3v) is 10.9. The average Bonchev–Trinajstić information content (AvgIpc) is 3.09. The highest BCUT2D eigenvalue weighted by Gasteiger charge is 2.35. The summed E-state index contributed by atoms with van der Waals surface area (Å²) in [5.41, 5.74) is 4.70. The van der Waals surface area contributed by atoms with E-state index in [0.29, 0.717) is 11.4 Å². The minimum atomic E-state index is -4.18. The first kappa shape index (κ1) is 35.7. The first-order valence-electron chi connectivity index (χ1n) is 17.0. The Kier molecular flexibility index (Phi) is 11.8. The van der Waals surface area contributed by atoms with Crippen LogP contribution in [-0.2, 0) is 32.6 Å². The van der Waals surface area contributed by atoms with Gasteiger partial charge in [0, 0.05) is 19.0 Å². The lowest BCUT2D eigenvalue weighted by atomic mass is 9.94. The molecule has 0 saturated heterocycles. The van der Waals surface area contributed by atoms with Gasteiger partial charge in [-0.1, -0.05) is 85.5 Å². The maximum Gasteiger partial charge on any atom is 0.264 e. The smallest absolute Gasteiger partial charge is 0.264 e. The maximum absolute atomic E-state index is 14.8. The number of benzene rings is 4. The lowest BCUT2D eigenvalue weighted by Crippen LogP contribution is -2.55. The fraction of sp³-hybridized carbons (Fsp3) is 0.350. The predicted octanol–water partition coefficient (Wildman–Crippen LogP) is 6.90. The van der Waals surface area contributed by atoms with Crippen LogP contribution >= 0.6 is 0 Å². The van der Waals surface area contributed by atoms with Crippen molar-refractivity contribution in [3.05, 3.63) is 125 Å². The molecule has 0 spiro atoms. The van der Waals surface area contributed by atoms with Crippen molar-refractivity contribution >= 4 is 27.5 Å². The molecule has 0 aromatic heterocycles. The van der Waals surface area contributed by atoms with Crippen LogP contribution in [0.1, 0.15) is 59.9 Å². The van der Waals surface area contributed by atoms with Gasteiger partial charge in [0.2, 0.25) is 11.8 Å². The number of anilines is 1. The molecule has 0 unspecified atom stereocenters. The Balaban J connectivity index is 1.59. The first-order chi connectivity index (χ1) is 23.5. The molecule has 4 aromatic carbocycles. The van der Waals surface area contributed by atoms with E-state index in [2.05, 4.69) is 5.32 Å². The number of rotatable bonds is 13. The van der Waals surface area contributed by atoms with E-state index in [-0.39, 0.29) is 29.8 Å². The summed E-state index contributed by atoms with van der Waals surface area (Å²) < 4.78 is 35.4. The van der Waals surface area contributed by atoms with E-state index in [1.54, 1.807) is 48.4 Å². The standard InChI is InChI=1S/C40H47N3O5S/c1-29-18-20-37(21-19-29)49(46,47)43(35-23-30(2)22-31(3)24-35)28-39(44)42(27-33-14-11-17-36(25-33)48-4)38(26-32-12-7-5-8-13-32)40(45)41-34-15-9-6-10-16-34/h5,7-8,11-14,17-25,34,38H,6,9-10,15-16,26-28H2,1-4H3,(H,41,45)/t38-/m0/s1. The molecule has 2 amide bonds. The van der Waals surface area contributed by atoms with Gasteiger partial charge in [-0.05, 0) is 92.3 Å². The van der Waals surface area contributed by atoms with Crippen LogP contribution in [0.4, 0.5) is 5.69 Å². The third kappa shape index (κ3) is 9.29. The number of sulfonamides is 1. The topological polar surface area (TPSA) is 96.0 Å². The number of hydrogen-bond donors (Lipinski definition) is 1. The summed E-state index contributed by atoms with van der Waals surface area (Å²) >= 11 is 0. The highest BCUT2D eigenvalue weighted by atomic mass is 32.2. The molecule has 1 atom stereocenters. The van der Waals surface area contributed by atoms with Crippen LogP contribution < -0.4 is 14.4 Å². The van der Waals surface area contributed by atoms with E-state index in [1.807, 2.05) is 81.4 Å². The average molecular weight is 682 g/mol. The molecule has 1 N–H and O–H groups in total. The number of hydrogen-bond acceptors (Lipinski definition) is 5. The molecule has 1 aliphatic rings. The Morgan fingerprint density at radius 2 is 1.45 bits per heavy atom. The van der Waals surface area contributed by atoms with Gasteiger partial charge in [-0.3, -0.25) is 13.9 Å². The molecule has 4 aromatic rings. The van der Waals surface area contributed by atoms with Crippen molar-refractivity contribution in [2.24, 2.45) is 0 Å². The predicted molar refractivity (Wildman–Crippen MR) is 194 cm³/mol. The second kappa shape index (κ2) is 16.2. The Hall–Kier alpha value is -4.63. The molecular weight excluding hydrogens is 635 g/mol. The quantitative estimate of drug-likeness (QED) is 0.166. The van der Waals surface area contributed by atoms with Crippen LogP contribution in [0.2, 0.25) is 0 Å². The largest absolute Gasteiger partial charge is 0.497 e. The van der Waals surface area contributed by atoms with Gasteiger partial charge in [-0.2, -0.15) is 0 Å². The van der Waals surface area contributed by atoms with Gasteiger partial charge in [0.1, 0.15) is 18.3 Å². The van der Waals surface area contributed by atoms with Crippen molar-refractivity contribution in [3.8, 4) is 5.75 Å². The molecule has 49 heavy (non-hydrogen) atoms. The van der Waals surface area contributed by atoms with Gasteiger partial charge < -0.3 is 15.0 Å². The Labute approximate surface area is 291 Å². The summed E-state index contributed by atoms with van der Waals surface area (Å²) in [6.07, 6.45) is 5.28. The molecular formula is C40H47N3O5S. The van der Waals surface area contributed by atoms with E-state index < -0.39 is 28.5 Å². The van der Waals surface area contributed by atoms with Crippen LogP contribution in [0.5, 0.6) is 5.75 Å². The molecule has 5 rings (SSSR count). The van der Waals surface area contributed by atoms with Crippen molar-refractivity contribution < 1.29 is 22.7 Å². The molecule has 1 saturated carbocycles. The zero-order valence-corrected chi connectivity index (χ0v) is 29.7. The van der Waals surface area contributed by atoms with Gasteiger partial charge in [-0.25, -0.2) is 8.42 Å². The number of ether oxygens (including phenoxy) is 1. The summed E-state index contributed by atoms with van der Waals surface area (Å²) in [5.74, 6) is -0.112. The molecule has 1 aliphatic carbocycles. The van der Waals surface area contributed by atoms with Crippen molar-refractivity contribution in [1.29, 1.82) is 0 Å². The second-order valence-corrected chi connectivity index (χ2v) is 15.0. The van der Waals surface area contributed by atoms with Gasteiger partial charge in [-0.15, -0.1) is 0 Å². The Bertz CT molecular complexity index is 1820. The van der Waals surface area contributed by atoms with Crippen molar-refractivity contribution in [2.75, 3.05) is 18.0 Å². The van der Waals surface area contributed by atoms with Crippen LogP contribution in [-0.4, -0.2) is 50.9 Å². The minimum Gasteiger partial charge on any atom is -0.497 e. The molecule has 0 aliphatic heterocycles. The van der Waals surface area contributed by atoms with E-state index >= 15 is 0 Å². The third-order valence-electron chi connectivity index (χ3n) is 9.09. The maximum atomic E-state index is 14.8. The summed E-state index contributed by atoms with van der Waals surface area (Å²) in [7, 11) is -2.60. The van der Waals surface area contributed by atoms with E-state index in [0.717, 1.165) is 59.9 Å². The Morgan fingerprint density at radius 3 is 2.10 bits per heavy atom. The van der Waals surface area contributed by atoms with Crippen LogP contribution in [0, 0.1) is 20.8 Å². The zero-order valence-electron chi connectivity index (χ0n) is 28.9. The minimum absolute atomic E-state index is 0.0296. The van der Waals surface area contributed by atoms with Crippen LogP contribution in [0.25, 0.3) is 0 Å². The molecule has 0 heterocycles. The van der Waals surface area contributed by atoms with Gasteiger partial charge in [0.05, 0.1) is 17.7 Å². The normalized spacial score (nSPS) is 14.1. The number of amides is 2. The Morgan fingerprint density at radius 1 is 0.796 bits per heavy atom. The van der Waals surface area contributed by atoms with Crippen molar-refractivity contribution in [3.63, 3.8) is 0 Å². The highest BCUT2D eigenvalue weighted by Crippen LogP contribution is 2.28. The number of nitrogens with zero attached hydrogens (tertiary/aromatic N) is 2. The molecule has 9 heteroatoms. The zero-order chi connectivity index (χ0) is 35.0. The molecule has 1 fully saturated rings. The fourth-order valence-corrected chi connectivity index (χ4v) is 7.92. The summed E-state index contributed by atoms with van der Waals surface area (Å²) in [6.45, 7) is 5.27. The number of aryl methyl sites for hydroxylation is 3. The van der Waals surface area contributed by atoms with E-state index in [9.17, 15) is 18.0 Å². The number of carbonyl (C=O) groups excluding carboxylic acids is 2. The van der Waals surface area contributed by atoms with Gasteiger partial charge in [0.25, 0.3) is 10.0 Å². The number of methoxy groups -OCH3 is 1. The fourth-order valence-electron chi connectivity index (χ4n) is 6.53.